The molecule has 0 aliphatic carbocycles. The van der Waals surface area contributed by atoms with Gasteiger partial charge in [0.1, 0.15) is 6.54 Å². The second kappa shape index (κ2) is 15.2. The van der Waals surface area contributed by atoms with Gasteiger partial charge in [-0.2, -0.15) is 0 Å². The van der Waals surface area contributed by atoms with Gasteiger partial charge in [-0.25, -0.2) is 4.99 Å². The third-order valence-electron chi connectivity index (χ3n) is 5.24. The number of guanidine groups is 1. The predicted octanol–water partition coefficient (Wildman–Crippen LogP) is -0.329. The van der Waals surface area contributed by atoms with Gasteiger partial charge in [-0.15, -0.1) is 24.0 Å². The molecule has 1 amide bonds. The first-order chi connectivity index (χ1) is 13.6. The number of halogens is 1. The number of likely N-dealkylation sites (N-methyl/N-ethyl adjacent to an activating group) is 1. The SMILES string of the molecule is COCCN1CCC(NC(=NCC(=O)N(C)C)NCCN2CCOCC2)CC1.I. The zero-order valence-electron chi connectivity index (χ0n) is 18.2. The van der Waals surface area contributed by atoms with Crippen LogP contribution in [-0.4, -0.2) is 126 Å². The van der Waals surface area contributed by atoms with Gasteiger partial charge in [-0.3, -0.25) is 9.69 Å². The molecule has 2 aliphatic rings. The maximum Gasteiger partial charge on any atom is 0.243 e. The summed E-state index contributed by atoms with van der Waals surface area (Å²) in [4.78, 5) is 22.8. The topological polar surface area (TPSA) is 81.7 Å². The van der Waals surface area contributed by atoms with E-state index in [1.807, 2.05) is 0 Å². The molecule has 0 atom stereocenters. The Hall–Kier alpha value is -0.690. The molecule has 2 saturated heterocycles. The number of amides is 1. The van der Waals surface area contributed by atoms with E-state index in [0.717, 1.165) is 84.4 Å². The van der Waals surface area contributed by atoms with E-state index in [4.69, 9.17) is 9.47 Å². The van der Waals surface area contributed by atoms with Crippen molar-refractivity contribution in [2.45, 2.75) is 18.9 Å². The van der Waals surface area contributed by atoms with Crippen LogP contribution in [0.5, 0.6) is 0 Å². The lowest BCUT2D eigenvalue weighted by Gasteiger charge is -2.33. The Kier molecular flexibility index (Phi) is 13.8. The highest BCUT2D eigenvalue weighted by molar-refractivity contribution is 14.0. The number of likely N-dealkylation sites (tertiary alicyclic amines) is 1. The standard InChI is InChI=1S/C19H38N6O3.HI/c1-23(2)18(26)16-21-19(20-6-9-25-11-14-28-15-12-25)22-17-4-7-24(8-5-17)10-13-27-3;/h17H,4-16H2,1-3H3,(H2,20,21,22);1H. The summed E-state index contributed by atoms with van der Waals surface area (Å²) in [6.07, 6.45) is 2.13. The molecule has 0 bridgehead atoms. The molecule has 2 aliphatic heterocycles. The molecular formula is C19H39IN6O3. The minimum atomic E-state index is 0. The average Bonchev–Trinajstić information content (AvgIpc) is 2.71. The van der Waals surface area contributed by atoms with Crippen molar-refractivity contribution in [2.75, 3.05) is 93.4 Å². The van der Waals surface area contributed by atoms with Crippen LogP contribution in [-0.2, 0) is 14.3 Å². The molecule has 0 saturated carbocycles. The van der Waals surface area contributed by atoms with Crippen LogP contribution in [0, 0.1) is 0 Å². The van der Waals surface area contributed by atoms with Crippen molar-refractivity contribution in [3.05, 3.63) is 0 Å². The number of piperidine rings is 1. The first-order valence-electron chi connectivity index (χ1n) is 10.3. The van der Waals surface area contributed by atoms with Crippen molar-refractivity contribution < 1.29 is 14.3 Å². The van der Waals surface area contributed by atoms with Gasteiger partial charge in [0.2, 0.25) is 5.91 Å². The quantitative estimate of drug-likeness (QED) is 0.242. The number of nitrogens with one attached hydrogen (secondary N) is 2. The Labute approximate surface area is 192 Å². The maximum atomic E-state index is 11.9. The monoisotopic (exact) mass is 526 g/mol. The number of carbonyl (C=O) groups is 1. The average molecular weight is 526 g/mol. The number of carbonyl (C=O) groups excluding carboxylic acids is 1. The molecule has 10 heteroatoms. The number of rotatable bonds is 9. The summed E-state index contributed by atoms with van der Waals surface area (Å²) in [5.41, 5.74) is 0. The van der Waals surface area contributed by atoms with Crippen molar-refractivity contribution in [3.8, 4) is 0 Å². The summed E-state index contributed by atoms with van der Waals surface area (Å²) in [7, 11) is 5.26. The number of nitrogens with zero attached hydrogens (tertiary/aromatic N) is 4. The highest BCUT2D eigenvalue weighted by Gasteiger charge is 2.20. The molecule has 2 rings (SSSR count). The van der Waals surface area contributed by atoms with E-state index in [0.29, 0.717) is 6.04 Å². The molecule has 9 nitrogen and oxygen atoms in total. The molecule has 170 valence electrons. The summed E-state index contributed by atoms with van der Waals surface area (Å²) >= 11 is 0. The van der Waals surface area contributed by atoms with Crippen LogP contribution in [0.4, 0.5) is 0 Å². The Balaban J connectivity index is 0.00000420. The molecule has 0 unspecified atom stereocenters. The summed E-state index contributed by atoms with van der Waals surface area (Å²) in [5.74, 6) is 0.738. The first-order valence-corrected chi connectivity index (χ1v) is 10.3. The van der Waals surface area contributed by atoms with Crippen LogP contribution in [0.1, 0.15) is 12.8 Å². The summed E-state index contributed by atoms with van der Waals surface area (Å²) in [5, 5.41) is 6.94. The van der Waals surface area contributed by atoms with Crippen LogP contribution in [0.25, 0.3) is 0 Å². The van der Waals surface area contributed by atoms with E-state index < -0.39 is 0 Å². The van der Waals surface area contributed by atoms with E-state index in [2.05, 4.69) is 25.4 Å². The van der Waals surface area contributed by atoms with Crippen molar-refractivity contribution in [1.29, 1.82) is 0 Å². The third-order valence-corrected chi connectivity index (χ3v) is 5.24. The molecule has 0 aromatic carbocycles. The molecule has 2 heterocycles. The highest BCUT2D eigenvalue weighted by atomic mass is 127. The van der Waals surface area contributed by atoms with E-state index >= 15 is 0 Å². The minimum absolute atomic E-state index is 0. The van der Waals surface area contributed by atoms with Crippen molar-refractivity contribution in [3.63, 3.8) is 0 Å². The van der Waals surface area contributed by atoms with Crippen LogP contribution < -0.4 is 10.6 Å². The fraction of sp³-hybridized carbons (Fsp3) is 0.895. The first kappa shape index (κ1) is 26.3. The van der Waals surface area contributed by atoms with Gasteiger partial charge in [-0.1, -0.05) is 0 Å². The molecule has 0 spiro atoms. The fourth-order valence-corrected chi connectivity index (χ4v) is 3.31. The van der Waals surface area contributed by atoms with Gasteiger partial charge < -0.3 is 29.9 Å². The Morgan fingerprint density at radius 3 is 2.41 bits per heavy atom. The third kappa shape index (κ3) is 10.8. The van der Waals surface area contributed by atoms with Gasteiger partial charge in [0.15, 0.2) is 5.96 Å². The predicted molar refractivity (Wildman–Crippen MR) is 126 cm³/mol. The molecule has 0 aromatic rings. The van der Waals surface area contributed by atoms with Crippen molar-refractivity contribution in [1.82, 2.24) is 25.3 Å². The van der Waals surface area contributed by atoms with E-state index in [1.165, 1.54) is 0 Å². The van der Waals surface area contributed by atoms with Gasteiger partial charge in [0.05, 0.1) is 19.8 Å². The Morgan fingerprint density at radius 2 is 1.79 bits per heavy atom. The van der Waals surface area contributed by atoms with Crippen LogP contribution >= 0.6 is 24.0 Å². The fourth-order valence-electron chi connectivity index (χ4n) is 3.31. The smallest absolute Gasteiger partial charge is 0.243 e. The number of ether oxygens (including phenoxy) is 2. The molecule has 0 aromatic heterocycles. The normalized spacial score (nSPS) is 19.5. The number of hydrogen-bond donors (Lipinski definition) is 2. The Bertz CT molecular complexity index is 481. The van der Waals surface area contributed by atoms with Gasteiger partial charge in [-0.05, 0) is 12.8 Å². The highest BCUT2D eigenvalue weighted by Crippen LogP contribution is 2.09. The van der Waals surface area contributed by atoms with Gasteiger partial charge >= 0.3 is 0 Å². The zero-order valence-corrected chi connectivity index (χ0v) is 20.5. The number of hydrogen-bond acceptors (Lipinski definition) is 6. The second-order valence-corrected chi connectivity index (χ2v) is 7.59. The largest absolute Gasteiger partial charge is 0.383 e. The zero-order chi connectivity index (χ0) is 20.2. The van der Waals surface area contributed by atoms with E-state index in [-0.39, 0.29) is 36.4 Å². The molecule has 0 radical (unpaired) electrons. The lowest BCUT2D eigenvalue weighted by Crippen LogP contribution is -2.50. The van der Waals surface area contributed by atoms with Crippen LogP contribution in [0.2, 0.25) is 0 Å². The number of aliphatic imine (C=N–C) groups is 1. The molecular weight excluding hydrogens is 487 g/mol. The molecule has 29 heavy (non-hydrogen) atoms. The van der Waals surface area contributed by atoms with Gasteiger partial charge in [0.25, 0.3) is 0 Å². The van der Waals surface area contributed by atoms with Gasteiger partial charge in [0, 0.05) is 73.1 Å². The van der Waals surface area contributed by atoms with Crippen LogP contribution in [0.15, 0.2) is 4.99 Å². The molecule has 2 N–H and O–H groups in total. The summed E-state index contributed by atoms with van der Waals surface area (Å²) < 4.78 is 10.6. The lowest BCUT2D eigenvalue weighted by molar-refractivity contribution is -0.127. The summed E-state index contributed by atoms with van der Waals surface area (Å²) in [6, 6.07) is 0.378. The lowest BCUT2D eigenvalue weighted by atomic mass is 10.1. The van der Waals surface area contributed by atoms with Crippen LogP contribution in [0.3, 0.4) is 0 Å². The molecule has 2 fully saturated rings. The number of morpholine rings is 1. The van der Waals surface area contributed by atoms with E-state index in [1.54, 1.807) is 26.1 Å². The second-order valence-electron chi connectivity index (χ2n) is 7.59. The minimum Gasteiger partial charge on any atom is -0.383 e. The summed E-state index contributed by atoms with van der Waals surface area (Å²) in [6.45, 7) is 9.33. The maximum absolute atomic E-state index is 11.9. The van der Waals surface area contributed by atoms with Crippen molar-refractivity contribution >= 4 is 35.8 Å². The Morgan fingerprint density at radius 1 is 1.14 bits per heavy atom. The van der Waals surface area contributed by atoms with Crippen molar-refractivity contribution in [2.24, 2.45) is 4.99 Å². The van der Waals surface area contributed by atoms with E-state index in [9.17, 15) is 4.79 Å². The number of methoxy groups -OCH3 is 1.